The molecule has 0 aliphatic rings. The Balaban J connectivity index is 2.10. The van der Waals surface area contributed by atoms with Gasteiger partial charge in [0.2, 0.25) is 11.8 Å². The number of carboxylic acid groups (broad SMARTS) is 1. The van der Waals surface area contributed by atoms with Gasteiger partial charge in [0.1, 0.15) is 0 Å². The third-order valence-corrected chi connectivity index (χ3v) is 4.25. The molecule has 2 amide bonds. The fourth-order valence-electron chi connectivity index (χ4n) is 2.38. The summed E-state index contributed by atoms with van der Waals surface area (Å²) in [6.45, 7) is 4.38. The highest BCUT2D eigenvalue weighted by Crippen LogP contribution is 2.21. The molecule has 1 heterocycles. The van der Waals surface area contributed by atoms with Crippen LogP contribution in [0.15, 0.2) is 36.7 Å². The lowest BCUT2D eigenvalue weighted by Gasteiger charge is -2.19. The molecule has 8 nitrogen and oxygen atoms in total. The summed E-state index contributed by atoms with van der Waals surface area (Å²) >= 11 is 5.88. The summed E-state index contributed by atoms with van der Waals surface area (Å²) in [5.41, 5.74) is -0.134. The van der Waals surface area contributed by atoms with Gasteiger partial charge in [-0.05, 0) is 31.5 Å². The predicted octanol–water partition coefficient (Wildman–Crippen LogP) is 2.56. The first-order valence-corrected chi connectivity index (χ1v) is 8.58. The number of nitrogens with one attached hydrogen (secondary N) is 2. The van der Waals surface area contributed by atoms with Crippen molar-refractivity contribution in [3.8, 4) is 0 Å². The SMILES string of the molecule is CC(=O)NC(CC(=O)Nc1cnn(C(C)(C)C(=O)O)c1)c1ccc(Cl)cc1. The number of aliphatic carboxylic acids is 1. The third kappa shape index (κ3) is 5.30. The zero-order valence-electron chi connectivity index (χ0n) is 15.2. The number of hydrogen-bond acceptors (Lipinski definition) is 4. The van der Waals surface area contributed by atoms with E-state index in [1.807, 2.05) is 0 Å². The summed E-state index contributed by atoms with van der Waals surface area (Å²) in [6, 6.07) is 6.32. The number of amides is 2. The zero-order chi connectivity index (χ0) is 20.2. The van der Waals surface area contributed by atoms with Crippen LogP contribution < -0.4 is 10.6 Å². The molecule has 1 aromatic heterocycles. The maximum Gasteiger partial charge on any atom is 0.331 e. The van der Waals surface area contributed by atoms with Gasteiger partial charge in [-0.25, -0.2) is 4.79 Å². The number of aromatic nitrogens is 2. The molecular weight excluding hydrogens is 372 g/mol. The van der Waals surface area contributed by atoms with Crippen LogP contribution in [0.5, 0.6) is 0 Å². The maximum absolute atomic E-state index is 12.4. The smallest absolute Gasteiger partial charge is 0.331 e. The average Bonchev–Trinajstić information content (AvgIpc) is 3.03. The average molecular weight is 393 g/mol. The number of rotatable bonds is 7. The van der Waals surface area contributed by atoms with E-state index >= 15 is 0 Å². The Kier molecular flexibility index (Phi) is 6.22. The van der Waals surface area contributed by atoms with Crippen molar-refractivity contribution >= 4 is 35.1 Å². The summed E-state index contributed by atoms with van der Waals surface area (Å²) in [7, 11) is 0. The standard InChI is InChI=1S/C18H21ClN4O4/c1-11(24)21-15(12-4-6-13(19)7-5-12)8-16(25)22-14-9-20-23(10-14)18(2,3)17(26)27/h4-7,9-10,15H,8H2,1-3H3,(H,21,24)(H,22,25)(H,26,27). The van der Waals surface area contributed by atoms with Gasteiger partial charge in [0.05, 0.1) is 24.3 Å². The number of carbonyl (C=O) groups excluding carboxylic acids is 2. The lowest BCUT2D eigenvalue weighted by molar-refractivity contribution is -0.146. The highest BCUT2D eigenvalue weighted by Gasteiger charge is 2.30. The van der Waals surface area contributed by atoms with Crippen molar-refractivity contribution in [1.29, 1.82) is 0 Å². The van der Waals surface area contributed by atoms with Crippen LogP contribution in [0.3, 0.4) is 0 Å². The van der Waals surface area contributed by atoms with Gasteiger partial charge in [0.25, 0.3) is 0 Å². The Morgan fingerprint density at radius 3 is 2.44 bits per heavy atom. The number of carbonyl (C=O) groups is 3. The van der Waals surface area contributed by atoms with Crippen molar-refractivity contribution in [2.24, 2.45) is 0 Å². The summed E-state index contributed by atoms with van der Waals surface area (Å²) in [5.74, 6) is -1.66. The van der Waals surface area contributed by atoms with E-state index in [0.717, 1.165) is 5.56 Å². The van der Waals surface area contributed by atoms with Crippen LogP contribution in [-0.2, 0) is 19.9 Å². The zero-order valence-corrected chi connectivity index (χ0v) is 15.9. The van der Waals surface area contributed by atoms with Crippen molar-refractivity contribution < 1.29 is 19.5 Å². The number of benzene rings is 1. The number of carboxylic acids is 1. The Morgan fingerprint density at radius 2 is 1.89 bits per heavy atom. The molecule has 27 heavy (non-hydrogen) atoms. The summed E-state index contributed by atoms with van der Waals surface area (Å²) in [4.78, 5) is 35.2. The molecule has 0 aliphatic heterocycles. The largest absolute Gasteiger partial charge is 0.479 e. The van der Waals surface area contributed by atoms with E-state index in [-0.39, 0.29) is 18.2 Å². The molecule has 144 valence electrons. The van der Waals surface area contributed by atoms with Crippen LogP contribution in [0.2, 0.25) is 5.02 Å². The van der Waals surface area contributed by atoms with E-state index in [4.69, 9.17) is 11.6 Å². The Hall–Kier alpha value is -2.87. The van der Waals surface area contributed by atoms with Crippen molar-refractivity contribution in [3.63, 3.8) is 0 Å². The molecular formula is C18H21ClN4O4. The van der Waals surface area contributed by atoms with Crippen molar-refractivity contribution in [1.82, 2.24) is 15.1 Å². The van der Waals surface area contributed by atoms with Crippen LogP contribution in [0.25, 0.3) is 0 Å². The lowest BCUT2D eigenvalue weighted by atomic mass is 10.0. The topological polar surface area (TPSA) is 113 Å². The summed E-state index contributed by atoms with van der Waals surface area (Å²) in [6.07, 6.45) is 2.81. The highest BCUT2D eigenvalue weighted by atomic mass is 35.5. The molecule has 0 saturated carbocycles. The van der Waals surface area contributed by atoms with Crippen LogP contribution in [0, 0.1) is 0 Å². The number of halogens is 1. The fourth-order valence-corrected chi connectivity index (χ4v) is 2.51. The van der Waals surface area contributed by atoms with E-state index in [9.17, 15) is 19.5 Å². The molecule has 0 radical (unpaired) electrons. The minimum absolute atomic E-state index is 0.00524. The highest BCUT2D eigenvalue weighted by molar-refractivity contribution is 6.30. The van der Waals surface area contributed by atoms with E-state index < -0.39 is 17.6 Å². The van der Waals surface area contributed by atoms with Crippen molar-refractivity contribution in [2.45, 2.75) is 38.8 Å². The number of anilines is 1. The Bertz CT molecular complexity index is 845. The van der Waals surface area contributed by atoms with Crippen molar-refractivity contribution in [3.05, 3.63) is 47.2 Å². The van der Waals surface area contributed by atoms with Gasteiger partial charge in [0.15, 0.2) is 5.54 Å². The quantitative estimate of drug-likeness (QED) is 0.670. The normalized spacial score (nSPS) is 12.3. The molecule has 0 saturated heterocycles. The number of nitrogens with zero attached hydrogens (tertiary/aromatic N) is 2. The first-order chi connectivity index (χ1) is 12.6. The first-order valence-electron chi connectivity index (χ1n) is 8.20. The maximum atomic E-state index is 12.4. The monoisotopic (exact) mass is 392 g/mol. The summed E-state index contributed by atoms with van der Waals surface area (Å²) < 4.78 is 1.26. The van der Waals surface area contributed by atoms with Crippen LogP contribution >= 0.6 is 11.6 Å². The molecule has 1 aromatic carbocycles. The second-order valence-electron chi connectivity index (χ2n) is 6.59. The van der Waals surface area contributed by atoms with Crippen LogP contribution in [-0.4, -0.2) is 32.7 Å². The lowest BCUT2D eigenvalue weighted by Crippen LogP contribution is -2.35. The van der Waals surface area contributed by atoms with Gasteiger partial charge in [-0.1, -0.05) is 23.7 Å². The second-order valence-corrected chi connectivity index (χ2v) is 7.03. The van der Waals surface area contributed by atoms with E-state index in [2.05, 4.69) is 15.7 Å². The van der Waals surface area contributed by atoms with Gasteiger partial charge in [0, 0.05) is 18.1 Å². The molecule has 9 heteroatoms. The molecule has 1 unspecified atom stereocenters. The molecule has 0 spiro atoms. The summed E-state index contributed by atoms with van der Waals surface area (Å²) in [5, 5.41) is 19.2. The third-order valence-electron chi connectivity index (χ3n) is 4.00. The molecule has 1 atom stereocenters. The van der Waals surface area contributed by atoms with E-state index in [1.165, 1.54) is 37.8 Å². The minimum Gasteiger partial charge on any atom is -0.479 e. The van der Waals surface area contributed by atoms with Gasteiger partial charge >= 0.3 is 5.97 Å². The molecule has 2 aromatic rings. The molecule has 0 fully saturated rings. The molecule has 0 aliphatic carbocycles. The van der Waals surface area contributed by atoms with Gasteiger partial charge in [-0.3, -0.25) is 14.3 Å². The molecule has 0 bridgehead atoms. The molecule has 2 rings (SSSR count). The van der Waals surface area contributed by atoms with Gasteiger partial charge in [-0.2, -0.15) is 5.10 Å². The Morgan fingerprint density at radius 1 is 1.26 bits per heavy atom. The van der Waals surface area contributed by atoms with Crippen LogP contribution in [0.4, 0.5) is 5.69 Å². The van der Waals surface area contributed by atoms with E-state index in [0.29, 0.717) is 10.7 Å². The Labute approximate surface area is 161 Å². The van der Waals surface area contributed by atoms with Gasteiger partial charge < -0.3 is 15.7 Å². The van der Waals surface area contributed by atoms with Gasteiger partial charge in [-0.15, -0.1) is 0 Å². The molecule has 3 N–H and O–H groups in total. The minimum atomic E-state index is -1.25. The number of hydrogen-bond donors (Lipinski definition) is 3. The first kappa shape index (κ1) is 20.4. The van der Waals surface area contributed by atoms with Crippen molar-refractivity contribution in [2.75, 3.05) is 5.32 Å². The fraction of sp³-hybridized carbons (Fsp3) is 0.333. The predicted molar refractivity (Wildman–Crippen MR) is 100 cm³/mol. The van der Waals surface area contributed by atoms with E-state index in [1.54, 1.807) is 24.3 Å². The van der Waals surface area contributed by atoms with Crippen LogP contribution in [0.1, 0.15) is 38.8 Å². The second kappa shape index (κ2) is 8.22.